The molecule has 0 radical (unpaired) electrons. The van der Waals surface area contributed by atoms with Crippen molar-refractivity contribution in [3.63, 3.8) is 0 Å². The molecule has 1 aromatic carbocycles. The Balaban J connectivity index is 1.38. The van der Waals surface area contributed by atoms with Crippen LogP contribution in [0.1, 0.15) is 101 Å². The van der Waals surface area contributed by atoms with Crippen LogP contribution in [0.2, 0.25) is 0 Å². The van der Waals surface area contributed by atoms with Crippen molar-refractivity contribution in [2.75, 3.05) is 46.2 Å². The molecule has 3 saturated heterocycles. The molecular formula is C50H83FN6O14. The first-order valence-corrected chi connectivity index (χ1v) is 25.1. The van der Waals surface area contributed by atoms with Crippen molar-refractivity contribution in [2.24, 2.45) is 17.8 Å². The fraction of sp³-hybridized carbons (Fsp3) is 0.800. The molecule has 0 bridgehead atoms. The van der Waals surface area contributed by atoms with Gasteiger partial charge in [-0.2, -0.15) is 0 Å². The summed E-state index contributed by atoms with van der Waals surface area (Å²) in [5.41, 5.74) is -3.65. The highest BCUT2D eigenvalue weighted by molar-refractivity contribution is 5.84. The number of halogens is 1. The average Bonchev–Trinajstić information content (AvgIpc) is 3.76. The van der Waals surface area contributed by atoms with Gasteiger partial charge in [0.1, 0.15) is 42.4 Å². The molecule has 3 aliphatic heterocycles. The number of likely N-dealkylation sites (N-methyl/N-ethyl adjacent to an activating group) is 2. The van der Waals surface area contributed by atoms with Crippen LogP contribution < -0.4 is 5.32 Å². The van der Waals surface area contributed by atoms with E-state index >= 15 is 0 Å². The molecule has 1 aromatic heterocycles. The van der Waals surface area contributed by atoms with Crippen LogP contribution >= 0.6 is 0 Å². The lowest BCUT2D eigenvalue weighted by atomic mass is 9.77. The number of esters is 1. The maximum Gasteiger partial charge on any atom is 0.411 e. The predicted octanol–water partition coefficient (Wildman–Crippen LogP) is 3.49. The maximum atomic E-state index is 14.5. The summed E-state index contributed by atoms with van der Waals surface area (Å²) in [4.78, 5) is 30.6. The van der Waals surface area contributed by atoms with Gasteiger partial charge in [-0.25, -0.2) is 13.9 Å². The van der Waals surface area contributed by atoms with Gasteiger partial charge in [-0.3, -0.25) is 10.1 Å². The smallest absolute Gasteiger partial charge is 0.411 e. The Morgan fingerprint density at radius 2 is 1.73 bits per heavy atom. The second-order valence-electron chi connectivity index (χ2n) is 21.2. The number of rotatable bonds is 14. The zero-order valence-corrected chi connectivity index (χ0v) is 43.9. The van der Waals surface area contributed by atoms with Crippen molar-refractivity contribution in [2.45, 2.75) is 198 Å². The van der Waals surface area contributed by atoms with E-state index in [1.54, 1.807) is 65.4 Å². The molecule has 6 N–H and O–H groups in total. The van der Waals surface area contributed by atoms with E-state index in [0.717, 1.165) is 0 Å². The number of aliphatic hydroxyl groups is 5. The molecule has 3 fully saturated rings. The standard InChI is InChI=1S/C50H83FN6O14/c1-14-38-50(10,64)42(59)32(6)56(12)26-28(2)24-48(8,63)44(30(4)41(31(5)45(61)69-38)70-39-25-49(9,65-13)43(60)33(7)68-39)71-46-40(58)37(22-29(3)67-46)55(11)19-18-36-27-57(54-53-36)20-21-66-47(62)52-35-17-15-16-34(51)23-35/h15-17,23,27-33,37-44,46,58-60,63-64H,14,18-22,24-26H2,1-13H3,(H,52,62)/t28-,29-,30+,31-,32-,33+,37+,38-,39+,40-,41+,42-,43+,44-,46+,48-,49-,50-/m1/s1. The monoisotopic (exact) mass is 1010 g/mol. The fourth-order valence-corrected chi connectivity index (χ4v) is 10.6. The molecule has 404 valence electrons. The Morgan fingerprint density at radius 3 is 2.39 bits per heavy atom. The molecule has 18 atom stereocenters. The lowest BCUT2D eigenvalue weighted by Crippen LogP contribution is -2.61. The molecule has 0 saturated carbocycles. The largest absolute Gasteiger partial charge is 0.459 e. The Bertz CT molecular complexity index is 2020. The number of cyclic esters (lactones) is 1. The Morgan fingerprint density at radius 1 is 1.03 bits per heavy atom. The summed E-state index contributed by atoms with van der Waals surface area (Å²) in [7, 11) is 5.19. The molecule has 20 nitrogen and oxygen atoms in total. The number of ether oxygens (including phenoxy) is 7. The molecule has 0 unspecified atom stereocenters. The summed E-state index contributed by atoms with van der Waals surface area (Å²) in [6.45, 7) is 18.4. The fourth-order valence-electron chi connectivity index (χ4n) is 10.6. The Hall–Kier alpha value is -3.45. The molecule has 5 rings (SSSR count). The number of anilines is 1. The minimum absolute atomic E-state index is 0.00740. The minimum atomic E-state index is -1.85. The highest BCUT2D eigenvalue weighted by atomic mass is 19.1. The van der Waals surface area contributed by atoms with Crippen molar-refractivity contribution in [3.8, 4) is 0 Å². The van der Waals surface area contributed by atoms with E-state index in [1.165, 1.54) is 32.2 Å². The SMILES string of the molecule is CC[C@H]1OC(=O)[C@H](C)[C@@H](O[C@H]2C[C@@](C)(OC)[C@@H](O)[C@H](C)O2)[C@H](C)[C@@H](O[C@@H]2O[C@H](C)C[C@H](N(C)CCc3cn(CCOC(=O)Nc4cccc(F)c4)nn3)[C@H]2O)[C@](C)(O)C[C@@H](C)CN(C)[C@H](C)[C@@H](O)[C@]1(C)O. The molecule has 21 heteroatoms. The van der Waals surface area contributed by atoms with Crippen LogP contribution in [0.3, 0.4) is 0 Å². The molecule has 2 aromatic rings. The summed E-state index contributed by atoms with van der Waals surface area (Å²) in [5.74, 6) is -3.35. The third-order valence-electron chi connectivity index (χ3n) is 15.0. The molecular weight excluding hydrogens is 928 g/mol. The molecule has 4 heterocycles. The number of carbonyl (C=O) groups excluding carboxylic acids is 2. The zero-order valence-electron chi connectivity index (χ0n) is 43.9. The van der Waals surface area contributed by atoms with Gasteiger partial charge in [0.15, 0.2) is 12.6 Å². The number of amides is 1. The number of aliphatic hydroxyl groups excluding tert-OH is 3. The topological polar surface area (TPSA) is 249 Å². The van der Waals surface area contributed by atoms with Gasteiger partial charge in [0.25, 0.3) is 0 Å². The van der Waals surface area contributed by atoms with Crippen molar-refractivity contribution >= 4 is 17.7 Å². The summed E-state index contributed by atoms with van der Waals surface area (Å²) in [6, 6.07) is 4.41. The molecule has 1 amide bonds. The van der Waals surface area contributed by atoms with Crippen LogP contribution in [0.5, 0.6) is 0 Å². The highest BCUT2D eigenvalue weighted by Crippen LogP contribution is 2.40. The van der Waals surface area contributed by atoms with E-state index in [2.05, 4.69) is 15.6 Å². The number of hydrogen-bond donors (Lipinski definition) is 6. The lowest BCUT2D eigenvalue weighted by Gasteiger charge is -2.49. The second kappa shape index (κ2) is 24.7. The molecule has 0 aliphatic carbocycles. The summed E-state index contributed by atoms with van der Waals surface area (Å²) < 4.78 is 58.4. The zero-order chi connectivity index (χ0) is 52.7. The number of methoxy groups -OCH3 is 1. The van der Waals surface area contributed by atoms with Gasteiger partial charge in [-0.15, -0.1) is 5.10 Å². The summed E-state index contributed by atoms with van der Waals surface area (Å²) >= 11 is 0. The summed E-state index contributed by atoms with van der Waals surface area (Å²) in [6.07, 6.45) is -7.93. The third kappa shape index (κ3) is 14.7. The number of carbonyl (C=O) groups is 2. The van der Waals surface area contributed by atoms with Crippen molar-refractivity contribution in [1.82, 2.24) is 24.8 Å². The van der Waals surface area contributed by atoms with Gasteiger partial charge in [0.05, 0.1) is 53.8 Å². The Labute approximate surface area is 418 Å². The van der Waals surface area contributed by atoms with Gasteiger partial charge in [0.2, 0.25) is 0 Å². The van der Waals surface area contributed by atoms with E-state index in [9.17, 15) is 39.5 Å². The van der Waals surface area contributed by atoms with E-state index in [1.807, 2.05) is 37.7 Å². The van der Waals surface area contributed by atoms with Gasteiger partial charge in [-0.05, 0) is 106 Å². The van der Waals surface area contributed by atoms with E-state index in [0.29, 0.717) is 31.6 Å². The number of hydrogen-bond acceptors (Lipinski definition) is 18. The average molecular weight is 1010 g/mol. The number of aromatic nitrogens is 3. The lowest BCUT2D eigenvalue weighted by molar-refractivity contribution is -0.318. The van der Waals surface area contributed by atoms with E-state index in [-0.39, 0.29) is 44.0 Å². The molecule has 71 heavy (non-hydrogen) atoms. The number of nitrogens with zero attached hydrogens (tertiary/aromatic N) is 5. The van der Waals surface area contributed by atoms with Crippen LogP contribution in [0.25, 0.3) is 0 Å². The van der Waals surface area contributed by atoms with E-state index < -0.39 is 120 Å². The van der Waals surface area contributed by atoms with Crippen molar-refractivity contribution in [3.05, 3.63) is 42.0 Å². The van der Waals surface area contributed by atoms with Gasteiger partial charge in [0, 0.05) is 62.9 Å². The quantitative estimate of drug-likeness (QED) is 0.148. The van der Waals surface area contributed by atoms with Crippen LogP contribution in [-0.4, -0.2) is 194 Å². The van der Waals surface area contributed by atoms with Crippen LogP contribution in [0.15, 0.2) is 30.5 Å². The van der Waals surface area contributed by atoms with Crippen LogP contribution in [-0.2, 0) is 50.9 Å². The van der Waals surface area contributed by atoms with E-state index in [4.69, 9.17) is 33.2 Å². The Kier molecular flexibility index (Phi) is 20.3. The van der Waals surface area contributed by atoms with Gasteiger partial charge in [-0.1, -0.05) is 32.1 Å². The first-order valence-electron chi connectivity index (χ1n) is 25.1. The van der Waals surface area contributed by atoms with Crippen LogP contribution in [0.4, 0.5) is 14.9 Å². The number of benzene rings is 1. The summed E-state index contributed by atoms with van der Waals surface area (Å²) in [5, 5.41) is 70.5. The van der Waals surface area contributed by atoms with Crippen molar-refractivity contribution in [1.29, 1.82) is 0 Å². The van der Waals surface area contributed by atoms with Crippen LogP contribution in [0, 0.1) is 23.6 Å². The third-order valence-corrected chi connectivity index (χ3v) is 15.0. The maximum absolute atomic E-state index is 14.5. The normalized spacial score (nSPS) is 39.3. The van der Waals surface area contributed by atoms with Crippen molar-refractivity contribution < 1.29 is 72.7 Å². The number of nitrogens with one attached hydrogen (secondary N) is 1. The minimum Gasteiger partial charge on any atom is -0.459 e. The first-order chi connectivity index (χ1) is 33.2. The first kappa shape index (κ1) is 58.4. The predicted molar refractivity (Wildman–Crippen MR) is 258 cm³/mol. The van der Waals surface area contributed by atoms with Gasteiger partial charge >= 0.3 is 12.1 Å². The highest BCUT2D eigenvalue weighted by Gasteiger charge is 2.53. The van der Waals surface area contributed by atoms with Gasteiger partial charge < -0.3 is 68.5 Å². The second-order valence-corrected chi connectivity index (χ2v) is 21.2. The molecule has 0 spiro atoms. The molecule has 3 aliphatic rings.